The Bertz CT molecular complexity index is 1080. The number of rotatable bonds is 5. The number of hydrogen-bond acceptors (Lipinski definition) is 6. The number of likely N-dealkylation sites (N-methyl/N-ethyl adjacent to an activating group) is 1. The van der Waals surface area contributed by atoms with Crippen molar-refractivity contribution in [1.29, 1.82) is 0 Å². The molecule has 8 nitrogen and oxygen atoms in total. The van der Waals surface area contributed by atoms with Gasteiger partial charge >= 0.3 is 0 Å². The molecule has 0 saturated heterocycles. The lowest BCUT2D eigenvalue weighted by molar-refractivity contribution is 0.0313. The summed E-state index contributed by atoms with van der Waals surface area (Å²) in [6, 6.07) is 10.2. The van der Waals surface area contributed by atoms with E-state index in [1.807, 2.05) is 25.1 Å². The Hall–Kier alpha value is -3.41. The molecular formula is C26H31N3O5. The van der Waals surface area contributed by atoms with Crippen molar-refractivity contribution in [1.82, 2.24) is 14.8 Å². The second kappa shape index (κ2) is 11.1. The molecule has 2 heterocycles. The largest absolute Gasteiger partial charge is 0.472 e. The molecule has 0 aliphatic carbocycles. The second-order valence-electron chi connectivity index (χ2n) is 8.70. The maximum absolute atomic E-state index is 13.4. The minimum atomic E-state index is -0.817. The molecule has 8 heteroatoms. The highest BCUT2D eigenvalue weighted by atomic mass is 16.5. The number of benzene rings is 1. The molecule has 1 aliphatic rings. The van der Waals surface area contributed by atoms with E-state index >= 15 is 0 Å². The van der Waals surface area contributed by atoms with Crippen molar-refractivity contribution in [2.75, 3.05) is 26.7 Å². The van der Waals surface area contributed by atoms with Gasteiger partial charge in [-0.15, -0.1) is 0 Å². The fourth-order valence-electron chi connectivity index (χ4n) is 3.73. The Balaban J connectivity index is 1.95. The van der Waals surface area contributed by atoms with Crippen molar-refractivity contribution in [3.05, 3.63) is 59.3 Å². The molecule has 0 radical (unpaired) electrons. The fraction of sp³-hybridized carbons (Fsp3) is 0.423. The first-order valence-corrected chi connectivity index (χ1v) is 11.3. The zero-order valence-electron chi connectivity index (χ0n) is 19.9. The van der Waals surface area contributed by atoms with Crippen LogP contribution in [0.25, 0.3) is 0 Å². The lowest BCUT2D eigenvalue weighted by Gasteiger charge is -2.37. The van der Waals surface area contributed by atoms with E-state index in [1.165, 1.54) is 6.20 Å². The second-order valence-corrected chi connectivity index (χ2v) is 8.70. The molecule has 0 bridgehead atoms. The van der Waals surface area contributed by atoms with Gasteiger partial charge in [0.15, 0.2) is 0 Å². The predicted octanol–water partition coefficient (Wildman–Crippen LogP) is 1.81. The van der Waals surface area contributed by atoms with E-state index in [1.54, 1.807) is 48.9 Å². The molecule has 0 saturated carbocycles. The molecule has 0 unspecified atom stereocenters. The van der Waals surface area contributed by atoms with Crippen molar-refractivity contribution in [2.45, 2.75) is 39.0 Å². The van der Waals surface area contributed by atoms with Crippen molar-refractivity contribution in [3.63, 3.8) is 0 Å². The van der Waals surface area contributed by atoms with Gasteiger partial charge in [0.1, 0.15) is 17.8 Å². The summed E-state index contributed by atoms with van der Waals surface area (Å²) < 4.78 is 6.21. The maximum atomic E-state index is 13.4. The Labute approximate surface area is 200 Å². The minimum Gasteiger partial charge on any atom is -0.472 e. The van der Waals surface area contributed by atoms with E-state index in [0.29, 0.717) is 17.7 Å². The van der Waals surface area contributed by atoms with Crippen molar-refractivity contribution < 1.29 is 24.5 Å². The van der Waals surface area contributed by atoms with Gasteiger partial charge in [0.25, 0.3) is 11.8 Å². The molecule has 2 N–H and O–H groups in total. The molecule has 1 aliphatic heterocycles. The number of aliphatic hydroxyl groups excluding tert-OH is 2. The summed E-state index contributed by atoms with van der Waals surface area (Å²) in [6.45, 7) is 5.70. The number of amides is 2. The van der Waals surface area contributed by atoms with Crippen LogP contribution in [0.4, 0.5) is 0 Å². The number of nitrogens with zero attached hydrogens (tertiary/aromatic N) is 3. The number of carbonyl (C=O) groups excluding carboxylic acids is 2. The smallest absolute Gasteiger partial charge is 0.259 e. The third kappa shape index (κ3) is 5.93. The van der Waals surface area contributed by atoms with Gasteiger partial charge in [-0.2, -0.15) is 0 Å². The molecule has 180 valence electrons. The van der Waals surface area contributed by atoms with E-state index in [9.17, 15) is 19.8 Å². The zero-order chi connectivity index (χ0) is 24.8. The molecule has 0 spiro atoms. The molecule has 0 fully saturated rings. The summed E-state index contributed by atoms with van der Waals surface area (Å²) in [4.78, 5) is 33.8. The Morgan fingerprint density at radius 3 is 2.68 bits per heavy atom. The van der Waals surface area contributed by atoms with Gasteiger partial charge in [0.2, 0.25) is 5.88 Å². The number of fused-ring (bicyclic) bond motifs is 1. The first-order valence-electron chi connectivity index (χ1n) is 11.3. The van der Waals surface area contributed by atoms with Crippen LogP contribution in [-0.2, 0) is 0 Å². The number of pyridine rings is 1. The van der Waals surface area contributed by atoms with E-state index in [4.69, 9.17) is 4.74 Å². The van der Waals surface area contributed by atoms with Crippen molar-refractivity contribution >= 4 is 11.8 Å². The first-order chi connectivity index (χ1) is 16.2. The van der Waals surface area contributed by atoms with Crippen LogP contribution >= 0.6 is 0 Å². The monoisotopic (exact) mass is 465 g/mol. The molecule has 34 heavy (non-hydrogen) atoms. The molecule has 2 amide bonds. The number of carbonyl (C=O) groups is 2. The standard InChI is InChI=1S/C26H31N3O5/c1-17-14-29(18(2)16-30)26(33)22-12-20(11-10-19(3)31)13-27-24(22)34-23(17)15-28(4)25(32)21-8-6-5-7-9-21/h5-9,12-13,17-19,23,30-31H,14-16H2,1-4H3/t17-,18+,19-,23+/m1/s1. The van der Waals surface area contributed by atoms with Crippen molar-refractivity contribution in [2.24, 2.45) is 5.92 Å². The lowest BCUT2D eigenvalue weighted by atomic mass is 9.99. The average molecular weight is 466 g/mol. The van der Waals surface area contributed by atoms with Gasteiger partial charge in [-0.05, 0) is 32.0 Å². The Morgan fingerprint density at radius 2 is 2.03 bits per heavy atom. The van der Waals surface area contributed by atoms with Gasteiger partial charge in [-0.25, -0.2) is 4.98 Å². The van der Waals surface area contributed by atoms with Crippen LogP contribution in [0.1, 0.15) is 47.1 Å². The van der Waals surface area contributed by atoms with Crippen LogP contribution in [-0.4, -0.2) is 81.8 Å². The molecular weight excluding hydrogens is 434 g/mol. The SMILES string of the molecule is C[C@@H]1CN([C@@H](C)CO)C(=O)c2cc(C#C[C@@H](C)O)cnc2O[C@H]1CN(C)C(=O)c1ccccc1. The summed E-state index contributed by atoms with van der Waals surface area (Å²) in [6.07, 6.45) is 0.228. The Kier molecular flexibility index (Phi) is 8.26. The maximum Gasteiger partial charge on any atom is 0.259 e. The molecule has 1 aromatic heterocycles. The minimum absolute atomic E-state index is 0.132. The normalized spacial score (nSPS) is 19.5. The number of aromatic nitrogens is 1. The van der Waals surface area contributed by atoms with Gasteiger partial charge in [0, 0.05) is 36.8 Å². The number of hydrogen-bond donors (Lipinski definition) is 2. The van der Waals surface area contributed by atoms with E-state index in [0.717, 1.165) is 0 Å². The quantitative estimate of drug-likeness (QED) is 0.653. The number of aliphatic hydroxyl groups is 2. The third-order valence-electron chi connectivity index (χ3n) is 5.77. The fourth-order valence-corrected chi connectivity index (χ4v) is 3.73. The van der Waals surface area contributed by atoms with Crippen LogP contribution in [0.2, 0.25) is 0 Å². The van der Waals surface area contributed by atoms with Gasteiger partial charge in [-0.1, -0.05) is 37.0 Å². The Morgan fingerprint density at radius 1 is 1.32 bits per heavy atom. The summed E-state index contributed by atoms with van der Waals surface area (Å²) in [5.41, 5.74) is 1.27. The summed E-state index contributed by atoms with van der Waals surface area (Å²) >= 11 is 0. The average Bonchev–Trinajstić information content (AvgIpc) is 2.84. The third-order valence-corrected chi connectivity index (χ3v) is 5.77. The van der Waals surface area contributed by atoms with E-state index in [-0.39, 0.29) is 42.3 Å². The van der Waals surface area contributed by atoms with Crippen LogP contribution in [0.15, 0.2) is 42.6 Å². The number of ether oxygens (including phenoxy) is 1. The van der Waals surface area contributed by atoms with Gasteiger partial charge in [-0.3, -0.25) is 9.59 Å². The first kappa shape index (κ1) is 25.2. The molecule has 1 aromatic carbocycles. The van der Waals surface area contributed by atoms with Gasteiger partial charge < -0.3 is 24.7 Å². The summed E-state index contributed by atoms with van der Waals surface area (Å²) in [5, 5.41) is 19.2. The van der Waals surface area contributed by atoms with E-state index < -0.39 is 18.2 Å². The molecule has 2 aromatic rings. The van der Waals surface area contributed by atoms with Crippen molar-refractivity contribution in [3.8, 4) is 17.7 Å². The molecule has 4 atom stereocenters. The van der Waals surface area contributed by atoms with Crippen LogP contribution < -0.4 is 4.74 Å². The van der Waals surface area contributed by atoms with Gasteiger partial charge in [0.05, 0.1) is 19.2 Å². The highest BCUT2D eigenvalue weighted by Gasteiger charge is 2.34. The summed E-state index contributed by atoms with van der Waals surface area (Å²) in [7, 11) is 1.71. The topological polar surface area (TPSA) is 103 Å². The van der Waals surface area contributed by atoms with E-state index in [2.05, 4.69) is 16.8 Å². The van der Waals surface area contributed by atoms with Crippen LogP contribution in [0.5, 0.6) is 5.88 Å². The predicted molar refractivity (Wildman–Crippen MR) is 127 cm³/mol. The highest BCUT2D eigenvalue weighted by molar-refractivity contribution is 5.97. The highest BCUT2D eigenvalue weighted by Crippen LogP contribution is 2.27. The van der Waals surface area contributed by atoms with Crippen LogP contribution in [0.3, 0.4) is 0 Å². The lowest BCUT2D eigenvalue weighted by Crippen LogP contribution is -2.50. The summed E-state index contributed by atoms with van der Waals surface area (Å²) in [5.74, 6) is 5.00. The van der Waals surface area contributed by atoms with Crippen LogP contribution in [0, 0.1) is 17.8 Å². The molecule has 3 rings (SSSR count). The zero-order valence-corrected chi connectivity index (χ0v) is 19.9.